The minimum Gasteiger partial charge on any atom is -0.369 e. The molecule has 0 fully saturated rings. The van der Waals surface area contributed by atoms with Crippen molar-refractivity contribution in [2.45, 2.75) is 387 Å². The molecule has 1 heteroatoms. The van der Waals surface area contributed by atoms with E-state index in [1.807, 2.05) is 0 Å². The van der Waals surface area contributed by atoms with E-state index >= 15 is 0 Å². The summed E-state index contributed by atoms with van der Waals surface area (Å²) >= 11 is 0. The molecule has 0 rings (SSSR count). The smallest absolute Gasteiger partial charge is 0.0690 e. The molecule has 0 saturated heterocycles. The highest BCUT2D eigenvalue weighted by molar-refractivity contribution is 4.90. The maximum atomic E-state index is 8.35. The molecule has 0 atom stereocenters. The van der Waals surface area contributed by atoms with Crippen LogP contribution in [-0.4, -0.2) is 11.2 Å². The highest BCUT2D eigenvalue weighted by Gasteiger charge is 2.40. The van der Waals surface area contributed by atoms with Crippen molar-refractivity contribution in [1.29, 1.82) is 0 Å². The normalized spacial score (nSPS) is 12.3. The molecule has 0 unspecified atom stereocenters. The second-order valence-corrected chi connectivity index (χ2v) is 21.1. The van der Waals surface area contributed by atoms with Crippen LogP contribution in [0.4, 0.5) is 0 Å². The molecule has 0 aromatic rings. The average Bonchev–Trinajstić information content (AvgIpc) is 3.26. The van der Waals surface area contributed by atoms with Gasteiger partial charge < -0.3 is 4.74 Å². The first kappa shape index (κ1) is 61.0. The molecule has 0 aliphatic carbocycles. The molecular formula is C60H122O. The van der Waals surface area contributed by atoms with Crippen LogP contribution in [-0.2, 0) is 4.74 Å². The van der Waals surface area contributed by atoms with Crippen molar-refractivity contribution in [1.82, 2.24) is 0 Å². The minimum absolute atomic E-state index is 0.0925. The van der Waals surface area contributed by atoms with Gasteiger partial charge in [0, 0.05) is 0 Å². The molecule has 368 valence electrons. The molecule has 0 aliphatic heterocycles. The van der Waals surface area contributed by atoms with Gasteiger partial charge in [0.25, 0.3) is 0 Å². The van der Waals surface area contributed by atoms with Crippen LogP contribution in [0.5, 0.6) is 0 Å². The van der Waals surface area contributed by atoms with Crippen molar-refractivity contribution in [3.05, 3.63) is 0 Å². The van der Waals surface area contributed by atoms with E-state index in [-0.39, 0.29) is 11.2 Å². The Morgan fingerprint density at radius 1 is 0.164 bits per heavy atom. The zero-order valence-electron chi connectivity index (χ0n) is 44.2. The Labute approximate surface area is 389 Å². The first-order valence-corrected chi connectivity index (χ1v) is 29.8. The van der Waals surface area contributed by atoms with Gasteiger partial charge in [-0.2, -0.15) is 0 Å². The van der Waals surface area contributed by atoms with Gasteiger partial charge in [0.05, 0.1) is 11.2 Å². The monoisotopic (exact) mass is 859 g/mol. The molecule has 0 aliphatic rings. The van der Waals surface area contributed by atoms with Gasteiger partial charge in [-0.25, -0.2) is 0 Å². The number of unbranched alkanes of at least 4 members (excludes halogenated alkanes) is 40. The lowest BCUT2D eigenvalue weighted by molar-refractivity contribution is -0.182. The van der Waals surface area contributed by atoms with Crippen molar-refractivity contribution in [3.8, 4) is 0 Å². The number of hydrogen-bond donors (Lipinski definition) is 0. The van der Waals surface area contributed by atoms with E-state index in [1.54, 1.807) is 0 Å². The van der Waals surface area contributed by atoms with Gasteiger partial charge >= 0.3 is 0 Å². The third-order valence-electron chi connectivity index (χ3n) is 14.8. The van der Waals surface area contributed by atoms with Crippen LogP contribution in [0.2, 0.25) is 0 Å². The molecule has 0 amide bonds. The molecule has 0 N–H and O–H groups in total. The summed E-state index contributed by atoms with van der Waals surface area (Å²) in [4.78, 5) is 0. The third kappa shape index (κ3) is 41.2. The SMILES string of the molecule is CCCCCCCCCCC(CCCCCCCCC)(CCCCCCCCCC)OC(CCCCCCCCC)(CCCCCCCCCC)CCCCCCCCCC. The van der Waals surface area contributed by atoms with Crippen LogP contribution < -0.4 is 0 Å². The number of hydrogen-bond acceptors (Lipinski definition) is 1. The topological polar surface area (TPSA) is 9.23 Å². The molecule has 61 heavy (non-hydrogen) atoms. The second kappa shape index (κ2) is 49.4. The Morgan fingerprint density at radius 3 is 0.410 bits per heavy atom. The summed E-state index contributed by atoms with van der Waals surface area (Å²) in [6, 6.07) is 0. The highest BCUT2D eigenvalue weighted by Crippen LogP contribution is 2.43. The molecule has 0 heterocycles. The van der Waals surface area contributed by atoms with Crippen LogP contribution >= 0.6 is 0 Å². The molecule has 0 aromatic heterocycles. The predicted molar refractivity (Wildman–Crippen MR) is 281 cm³/mol. The molecule has 0 aromatic carbocycles. The van der Waals surface area contributed by atoms with E-state index in [0.717, 1.165) is 0 Å². The van der Waals surface area contributed by atoms with Crippen LogP contribution in [0, 0.1) is 0 Å². The van der Waals surface area contributed by atoms with E-state index in [9.17, 15) is 0 Å². The Morgan fingerprint density at radius 2 is 0.279 bits per heavy atom. The third-order valence-corrected chi connectivity index (χ3v) is 14.8. The first-order chi connectivity index (χ1) is 30.1. The number of ether oxygens (including phenoxy) is 1. The van der Waals surface area contributed by atoms with Gasteiger partial charge in [-0.3, -0.25) is 0 Å². The van der Waals surface area contributed by atoms with E-state index in [0.29, 0.717) is 0 Å². The van der Waals surface area contributed by atoms with E-state index in [1.165, 1.54) is 334 Å². The van der Waals surface area contributed by atoms with Gasteiger partial charge in [0.15, 0.2) is 0 Å². The lowest BCUT2D eigenvalue weighted by Gasteiger charge is -2.46. The Balaban J connectivity index is 6.48. The zero-order valence-corrected chi connectivity index (χ0v) is 44.2. The molecule has 0 bridgehead atoms. The average molecular weight is 860 g/mol. The lowest BCUT2D eigenvalue weighted by Crippen LogP contribution is -2.45. The van der Waals surface area contributed by atoms with E-state index < -0.39 is 0 Å². The van der Waals surface area contributed by atoms with Crippen LogP contribution in [0.15, 0.2) is 0 Å². The van der Waals surface area contributed by atoms with Crippen molar-refractivity contribution in [3.63, 3.8) is 0 Å². The van der Waals surface area contributed by atoms with Crippen LogP contribution in [0.1, 0.15) is 375 Å². The Hall–Kier alpha value is -0.0400. The fraction of sp³-hybridized carbons (Fsp3) is 1.00. The summed E-state index contributed by atoms with van der Waals surface area (Å²) in [6.45, 7) is 14.1. The highest BCUT2D eigenvalue weighted by atomic mass is 16.5. The predicted octanol–water partition coefficient (Wildman–Crippen LogP) is 22.9. The maximum Gasteiger partial charge on any atom is 0.0690 e. The lowest BCUT2D eigenvalue weighted by atomic mass is 9.80. The van der Waals surface area contributed by atoms with Gasteiger partial charge in [-0.15, -0.1) is 0 Å². The molecule has 0 radical (unpaired) electrons. The molecule has 0 saturated carbocycles. The van der Waals surface area contributed by atoms with Crippen molar-refractivity contribution < 1.29 is 4.74 Å². The summed E-state index contributed by atoms with van der Waals surface area (Å²) in [7, 11) is 0. The Bertz CT molecular complexity index is 682. The minimum atomic E-state index is 0.0925. The molecule has 1 nitrogen and oxygen atoms in total. The van der Waals surface area contributed by atoms with Crippen molar-refractivity contribution in [2.24, 2.45) is 0 Å². The summed E-state index contributed by atoms with van der Waals surface area (Å²) in [5.41, 5.74) is 0.185. The first-order valence-electron chi connectivity index (χ1n) is 29.8. The van der Waals surface area contributed by atoms with Crippen LogP contribution in [0.3, 0.4) is 0 Å². The van der Waals surface area contributed by atoms with Crippen molar-refractivity contribution in [2.75, 3.05) is 0 Å². The van der Waals surface area contributed by atoms with Crippen molar-refractivity contribution >= 4 is 0 Å². The Kier molecular flexibility index (Phi) is 49.4. The summed E-state index contributed by atoms with van der Waals surface area (Å²) in [5.74, 6) is 0. The fourth-order valence-corrected chi connectivity index (χ4v) is 10.6. The van der Waals surface area contributed by atoms with E-state index in [4.69, 9.17) is 4.74 Å². The largest absolute Gasteiger partial charge is 0.369 e. The summed E-state index contributed by atoms with van der Waals surface area (Å²) in [5, 5.41) is 0. The second-order valence-electron chi connectivity index (χ2n) is 21.1. The van der Waals surface area contributed by atoms with Gasteiger partial charge in [-0.05, 0) is 38.5 Å². The zero-order chi connectivity index (χ0) is 44.5. The summed E-state index contributed by atoms with van der Waals surface area (Å²) < 4.78 is 8.35. The number of rotatable bonds is 54. The van der Waals surface area contributed by atoms with Gasteiger partial charge in [0.1, 0.15) is 0 Å². The van der Waals surface area contributed by atoms with Crippen LogP contribution in [0.25, 0.3) is 0 Å². The van der Waals surface area contributed by atoms with Gasteiger partial charge in [0.2, 0.25) is 0 Å². The maximum absolute atomic E-state index is 8.35. The fourth-order valence-electron chi connectivity index (χ4n) is 10.6. The quantitative estimate of drug-likeness (QED) is 0.0554. The summed E-state index contributed by atoms with van der Waals surface area (Å²) in [6.07, 6.45) is 73.3. The molecule has 0 spiro atoms. The van der Waals surface area contributed by atoms with E-state index in [2.05, 4.69) is 41.5 Å². The standard InChI is InChI=1S/C60H122O/c1-7-13-19-25-31-37-43-49-55-59(53-47-41-35-29-23-17-11-5,56-50-44-38-32-26-20-14-8-2)61-60(54-48-42-36-30-24-18-12-6,57-51-45-39-33-27-21-15-9-3)58-52-46-40-34-28-22-16-10-4/h7-58H2,1-6H3. The molecular weight excluding hydrogens is 737 g/mol. The van der Waals surface area contributed by atoms with Gasteiger partial charge in [-0.1, -0.05) is 337 Å².